The van der Waals surface area contributed by atoms with E-state index in [9.17, 15) is 22.8 Å². The average molecular weight is 401 g/mol. The molecular weight excluding hydrogens is 383 g/mol. The normalized spacial score (nSPS) is 11.7. The average Bonchev–Trinajstić information content (AvgIpc) is 2.65. The quantitative estimate of drug-likeness (QED) is 0.623. The summed E-state index contributed by atoms with van der Waals surface area (Å²) in [7, 11) is 0. The first-order chi connectivity index (χ1) is 12.8. The predicted molar refractivity (Wildman–Crippen MR) is 94.6 cm³/mol. The lowest BCUT2D eigenvalue weighted by Crippen LogP contribution is -2.87. The topological polar surface area (TPSA) is 74.8 Å². The van der Waals surface area contributed by atoms with Crippen LogP contribution in [0.2, 0.25) is 5.02 Å². The minimum absolute atomic E-state index is 0.00173. The number of hydrogen-bond acceptors (Lipinski definition) is 2. The van der Waals surface area contributed by atoms with Gasteiger partial charge in [0.25, 0.3) is 5.91 Å². The number of nitrogens with two attached hydrogens (primary N) is 1. The number of nitrogens with one attached hydrogen (secondary N) is 2. The fraction of sp³-hybridized carbons (Fsp3) is 0.222. The van der Waals surface area contributed by atoms with Crippen molar-refractivity contribution in [2.45, 2.75) is 13.0 Å². The molecule has 0 aliphatic heterocycles. The Balaban J connectivity index is 1.77. The molecule has 2 amide bonds. The lowest BCUT2D eigenvalue weighted by molar-refractivity contribution is -0.682. The molecular formula is C18H18ClF3N3O2+. The summed E-state index contributed by atoms with van der Waals surface area (Å²) in [6.07, 6.45) is 0. The Bertz CT molecular complexity index is 831. The van der Waals surface area contributed by atoms with E-state index in [2.05, 4.69) is 10.6 Å². The van der Waals surface area contributed by atoms with Gasteiger partial charge in [-0.1, -0.05) is 23.7 Å². The number of anilines is 1. The number of benzene rings is 2. The second-order valence-corrected chi connectivity index (χ2v) is 6.26. The zero-order chi connectivity index (χ0) is 20.0. The molecule has 0 saturated heterocycles. The molecule has 0 aromatic heterocycles. The highest BCUT2D eigenvalue weighted by atomic mass is 35.5. The van der Waals surface area contributed by atoms with Crippen LogP contribution in [0.15, 0.2) is 36.4 Å². The van der Waals surface area contributed by atoms with Crippen LogP contribution in [0.25, 0.3) is 0 Å². The highest BCUT2D eigenvalue weighted by Crippen LogP contribution is 2.19. The van der Waals surface area contributed by atoms with Gasteiger partial charge < -0.3 is 16.0 Å². The molecule has 5 nitrogen and oxygen atoms in total. The van der Waals surface area contributed by atoms with Crippen molar-refractivity contribution >= 4 is 29.1 Å². The fourth-order valence-electron chi connectivity index (χ4n) is 2.25. The Morgan fingerprint density at radius 3 is 2.37 bits per heavy atom. The molecule has 2 rings (SSSR count). The smallest absolute Gasteiger partial charge is 0.275 e. The molecule has 0 heterocycles. The van der Waals surface area contributed by atoms with Crippen LogP contribution in [-0.2, 0) is 9.59 Å². The lowest BCUT2D eigenvalue weighted by atomic mass is 10.1. The van der Waals surface area contributed by atoms with E-state index < -0.39 is 41.5 Å². The van der Waals surface area contributed by atoms with Gasteiger partial charge in [0.15, 0.2) is 24.0 Å². The standard InChI is InChI=1S/C18H17ClF3N3O2/c1-10(11-2-4-12(19)5-3-11)23-8-15(26)24-9-16(27)25-14-7-6-13(20)17(21)18(14)22/h2-7,10,23H,8-9H2,1H3,(H,24,26)(H,25,27)/p+1/t10-/m0/s1. The van der Waals surface area contributed by atoms with Gasteiger partial charge in [0.2, 0.25) is 5.91 Å². The fourth-order valence-corrected chi connectivity index (χ4v) is 2.38. The number of halogens is 4. The maximum Gasteiger partial charge on any atom is 0.275 e. The van der Waals surface area contributed by atoms with Gasteiger partial charge in [-0.05, 0) is 31.2 Å². The second-order valence-electron chi connectivity index (χ2n) is 5.83. The lowest BCUT2D eigenvalue weighted by Gasteiger charge is -2.11. The Hall–Kier alpha value is -2.58. The summed E-state index contributed by atoms with van der Waals surface area (Å²) in [6.45, 7) is 1.55. The molecule has 0 unspecified atom stereocenters. The van der Waals surface area contributed by atoms with Crippen LogP contribution in [0.1, 0.15) is 18.5 Å². The molecule has 0 bridgehead atoms. The van der Waals surface area contributed by atoms with Crippen LogP contribution in [0.5, 0.6) is 0 Å². The van der Waals surface area contributed by atoms with Gasteiger partial charge in [0.05, 0.1) is 12.2 Å². The van der Waals surface area contributed by atoms with Crippen LogP contribution in [0.3, 0.4) is 0 Å². The molecule has 0 fully saturated rings. The minimum Gasteiger partial charge on any atom is -0.342 e. The van der Waals surface area contributed by atoms with Crippen molar-refractivity contribution in [1.82, 2.24) is 5.32 Å². The largest absolute Gasteiger partial charge is 0.342 e. The molecule has 27 heavy (non-hydrogen) atoms. The molecule has 0 aliphatic rings. The van der Waals surface area contributed by atoms with Crippen molar-refractivity contribution in [3.8, 4) is 0 Å². The van der Waals surface area contributed by atoms with Gasteiger partial charge in [-0.3, -0.25) is 9.59 Å². The van der Waals surface area contributed by atoms with Crippen LogP contribution in [-0.4, -0.2) is 24.9 Å². The van der Waals surface area contributed by atoms with Crippen molar-refractivity contribution in [3.05, 3.63) is 64.4 Å². The van der Waals surface area contributed by atoms with Crippen LogP contribution in [0, 0.1) is 17.5 Å². The summed E-state index contributed by atoms with van der Waals surface area (Å²) in [6, 6.07) is 8.80. The van der Waals surface area contributed by atoms with E-state index in [1.807, 2.05) is 19.1 Å². The zero-order valence-corrected chi connectivity index (χ0v) is 15.1. The van der Waals surface area contributed by atoms with E-state index in [1.165, 1.54) is 0 Å². The molecule has 4 N–H and O–H groups in total. The highest BCUT2D eigenvalue weighted by molar-refractivity contribution is 6.30. The molecule has 144 valence electrons. The van der Waals surface area contributed by atoms with E-state index in [1.54, 1.807) is 17.4 Å². The number of hydrogen-bond donors (Lipinski definition) is 3. The molecule has 2 aromatic rings. The Kier molecular flexibility index (Phi) is 7.20. The van der Waals surface area contributed by atoms with Gasteiger partial charge in [-0.25, -0.2) is 13.2 Å². The monoisotopic (exact) mass is 400 g/mol. The third kappa shape index (κ3) is 5.97. The molecule has 0 radical (unpaired) electrons. The maximum atomic E-state index is 13.5. The molecule has 9 heteroatoms. The summed E-state index contributed by atoms with van der Waals surface area (Å²) < 4.78 is 39.4. The first-order valence-electron chi connectivity index (χ1n) is 8.06. The molecule has 0 aliphatic carbocycles. The molecule has 0 saturated carbocycles. The van der Waals surface area contributed by atoms with Gasteiger partial charge in [-0.15, -0.1) is 0 Å². The summed E-state index contributed by atoms with van der Waals surface area (Å²) >= 11 is 5.82. The van der Waals surface area contributed by atoms with Crippen molar-refractivity contribution in [2.75, 3.05) is 18.4 Å². The Morgan fingerprint density at radius 1 is 1.04 bits per heavy atom. The van der Waals surface area contributed by atoms with Crippen LogP contribution < -0.4 is 16.0 Å². The third-order valence-corrected chi connectivity index (χ3v) is 4.06. The Labute approximate surface area is 158 Å². The summed E-state index contributed by atoms with van der Waals surface area (Å²) in [4.78, 5) is 23.6. The van der Waals surface area contributed by atoms with Gasteiger partial charge in [0, 0.05) is 10.6 Å². The summed E-state index contributed by atoms with van der Waals surface area (Å²) in [5.41, 5.74) is 0.481. The van der Waals surface area contributed by atoms with E-state index in [0.29, 0.717) is 11.1 Å². The maximum absolute atomic E-state index is 13.5. The molecule has 1 atom stereocenters. The number of carbonyl (C=O) groups is 2. The zero-order valence-electron chi connectivity index (χ0n) is 14.4. The number of rotatable bonds is 7. The highest BCUT2D eigenvalue weighted by Gasteiger charge is 2.16. The number of amides is 2. The van der Waals surface area contributed by atoms with Crippen molar-refractivity contribution < 1.29 is 28.1 Å². The molecule has 2 aromatic carbocycles. The van der Waals surface area contributed by atoms with Gasteiger partial charge in [0.1, 0.15) is 6.04 Å². The minimum atomic E-state index is -1.68. The van der Waals surface area contributed by atoms with E-state index in [4.69, 9.17) is 11.6 Å². The Morgan fingerprint density at radius 2 is 1.70 bits per heavy atom. The van der Waals surface area contributed by atoms with Gasteiger partial charge >= 0.3 is 0 Å². The SMILES string of the molecule is C[C@H]([NH2+]CC(=O)NCC(=O)Nc1ccc(F)c(F)c1F)c1ccc(Cl)cc1. The van der Waals surface area contributed by atoms with E-state index in [0.717, 1.165) is 11.6 Å². The first-order valence-corrected chi connectivity index (χ1v) is 8.44. The van der Waals surface area contributed by atoms with E-state index >= 15 is 0 Å². The van der Waals surface area contributed by atoms with Crippen molar-refractivity contribution in [3.63, 3.8) is 0 Å². The van der Waals surface area contributed by atoms with Gasteiger partial charge in [-0.2, -0.15) is 0 Å². The summed E-state index contributed by atoms with van der Waals surface area (Å²) in [5.74, 6) is -5.71. The predicted octanol–water partition coefficient (Wildman–Crippen LogP) is 2.14. The van der Waals surface area contributed by atoms with Crippen molar-refractivity contribution in [2.24, 2.45) is 0 Å². The summed E-state index contributed by atoms with van der Waals surface area (Å²) in [5, 5.41) is 6.83. The van der Waals surface area contributed by atoms with E-state index in [-0.39, 0.29) is 12.6 Å². The van der Waals surface area contributed by atoms with Crippen LogP contribution >= 0.6 is 11.6 Å². The molecule has 0 spiro atoms. The van der Waals surface area contributed by atoms with Crippen LogP contribution in [0.4, 0.5) is 18.9 Å². The first kappa shape index (κ1) is 20.7. The number of quaternary nitrogens is 1. The number of carbonyl (C=O) groups excluding carboxylic acids is 2. The second kappa shape index (κ2) is 9.38. The third-order valence-electron chi connectivity index (χ3n) is 3.81. The van der Waals surface area contributed by atoms with Crippen molar-refractivity contribution in [1.29, 1.82) is 0 Å².